The molecule has 3 N–H and O–H groups in total. The van der Waals surface area contributed by atoms with Gasteiger partial charge in [-0.1, -0.05) is 36.4 Å². The average molecular weight is 222 g/mol. The van der Waals surface area contributed by atoms with E-state index in [4.69, 9.17) is 10.2 Å². The maximum Gasteiger partial charge on any atom is 0.335 e. The Labute approximate surface area is 93.5 Å². The summed E-state index contributed by atoms with van der Waals surface area (Å²) in [7, 11) is 0. The first-order chi connectivity index (χ1) is 7.43. The van der Waals surface area contributed by atoms with E-state index in [1.54, 1.807) is 24.3 Å². The minimum Gasteiger partial charge on any atom is -0.479 e. The second kappa shape index (κ2) is 4.92. The lowest BCUT2D eigenvalue weighted by atomic mass is 10.0. The summed E-state index contributed by atoms with van der Waals surface area (Å²) >= 11 is 0. The van der Waals surface area contributed by atoms with Gasteiger partial charge in [0.25, 0.3) is 0 Å². The molecule has 0 aromatic heterocycles. The maximum absolute atomic E-state index is 10.5. The van der Waals surface area contributed by atoms with Gasteiger partial charge in [-0.3, -0.25) is 0 Å². The first-order valence-electron chi connectivity index (χ1n) is 4.78. The summed E-state index contributed by atoms with van der Waals surface area (Å²) in [6, 6.07) is 6.58. The van der Waals surface area contributed by atoms with Gasteiger partial charge >= 0.3 is 5.97 Å². The number of carboxylic acids is 1. The molecule has 16 heavy (non-hydrogen) atoms. The van der Waals surface area contributed by atoms with Crippen LogP contribution >= 0.6 is 0 Å². The van der Waals surface area contributed by atoms with Gasteiger partial charge in [-0.2, -0.15) is 0 Å². The van der Waals surface area contributed by atoms with Gasteiger partial charge in [0.15, 0.2) is 6.10 Å². The molecule has 0 radical (unpaired) electrons. The first kappa shape index (κ1) is 12.4. The van der Waals surface area contributed by atoms with Crippen molar-refractivity contribution in [1.82, 2.24) is 0 Å². The SMILES string of the molecule is C=C(C)c1ccc(C(O)C(O)C(=O)O)cc1. The number of aliphatic hydroxyl groups excluding tert-OH is 2. The van der Waals surface area contributed by atoms with Crippen LogP contribution in [0.25, 0.3) is 5.57 Å². The summed E-state index contributed by atoms with van der Waals surface area (Å²) < 4.78 is 0. The second-order valence-corrected chi connectivity index (χ2v) is 3.63. The van der Waals surface area contributed by atoms with Crippen molar-refractivity contribution in [2.45, 2.75) is 19.1 Å². The number of hydrogen-bond acceptors (Lipinski definition) is 3. The molecule has 0 saturated carbocycles. The summed E-state index contributed by atoms with van der Waals surface area (Å²) in [5.74, 6) is -1.45. The molecule has 0 spiro atoms. The van der Waals surface area contributed by atoms with Gasteiger partial charge in [0.05, 0.1) is 0 Å². The summed E-state index contributed by atoms with van der Waals surface area (Å²) in [5.41, 5.74) is 2.14. The fourth-order valence-corrected chi connectivity index (χ4v) is 1.28. The van der Waals surface area contributed by atoms with Crippen LogP contribution in [0.5, 0.6) is 0 Å². The Balaban J connectivity index is 2.89. The minimum absolute atomic E-state index is 0.361. The molecule has 0 aliphatic rings. The lowest BCUT2D eigenvalue weighted by molar-refractivity contribution is -0.153. The van der Waals surface area contributed by atoms with E-state index in [2.05, 4.69) is 6.58 Å². The summed E-state index contributed by atoms with van der Waals surface area (Å²) in [4.78, 5) is 10.5. The van der Waals surface area contributed by atoms with Crippen molar-refractivity contribution in [3.8, 4) is 0 Å². The molecule has 0 aliphatic heterocycles. The number of benzene rings is 1. The largest absolute Gasteiger partial charge is 0.479 e. The maximum atomic E-state index is 10.5. The molecule has 86 valence electrons. The van der Waals surface area contributed by atoms with Crippen LogP contribution in [0, 0.1) is 0 Å². The van der Waals surface area contributed by atoms with Gasteiger partial charge in [0.1, 0.15) is 6.10 Å². The van der Waals surface area contributed by atoms with Gasteiger partial charge < -0.3 is 15.3 Å². The van der Waals surface area contributed by atoms with Crippen molar-refractivity contribution in [3.63, 3.8) is 0 Å². The summed E-state index contributed by atoms with van der Waals surface area (Å²) in [6.07, 6.45) is -3.23. The van der Waals surface area contributed by atoms with Crippen molar-refractivity contribution in [3.05, 3.63) is 42.0 Å². The average Bonchev–Trinajstić information content (AvgIpc) is 2.27. The van der Waals surface area contributed by atoms with Gasteiger partial charge in [0.2, 0.25) is 0 Å². The normalized spacial score (nSPS) is 14.2. The van der Waals surface area contributed by atoms with Gasteiger partial charge in [-0.15, -0.1) is 0 Å². The number of rotatable bonds is 4. The van der Waals surface area contributed by atoms with Crippen LogP contribution in [-0.4, -0.2) is 27.4 Å². The van der Waals surface area contributed by atoms with E-state index >= 15 is 0 Å². The molecule has 4 heteroatoms. The van der Waals surface area contributed by atoms with E-state index in [0.717, 1.165) is 11.1 Å². The molecule has 1 rings (SSSR count). The summed E-state index contributed by atoms with van der Waals surface area (Å²) in [6.45, 7) is 5.60. The third kappa shape index (κ3) is 2.68. The Morgan fingerprint density at radius 2 is 1.75 bits per heavy atom. The lowest BCUT2D eigenvalue weighted by Gasteiger charge is -2.14. The van der Waals surface area contributed by atoms with E-state index in [1.807, 2.05) is 6.92 Å². The fourth-order valence-electron chi connectivity index (χ4n) is 1.28. The van der Waals surface area contributed by atoms with Gasteiger partial charge in [0, 0.05) is 0 Å². The third-order valence-corrected chi connectivity index (χ3v) is 2.30. The van der Waals surface area contributed by atoms with E-state index in [1.165, 1.54) is 0 Å². The van der Waals surface area contributed by atoms with E-state index in [-0.39, 0.29) is 0 Å². The van der Waals surface area contributed by atoms with E-state index < -0.39 is 18.2 Å². The van der Waals surface area contributed by atoms with Crippen LogP contribution in [0.15, 0.2) is 30.8 Å². The molecule has 0 amide bonds. The fraction of sp³-hybridized carbons (Fsp3) is 0.250. The van der Waals surface area contributed by atoms with Crippen LogP contribution in [0.1, 0.15) is 24.2 Å². The highest BCUT2D eigenvalue weighted by molar-refractivity contribution is 5.73. The number of hydrogen-bond donors (Lipinski definition) is 3. The Morgan fingerprint density at radius 3 is 2.12 bits per heavy atom. The number of carbonyl (C=O) groups is 1. The monoisotopic (exact) mass is 222 g/mol. The van der Waals surface area contributed by atoms with Crippen molar-refractivity contribution in [1.29, 1.82) is 0 Å². The molecular formula is C12H14O4. The number of carboxylic acid groups (broad SMARTS) is 1. The smallest absolute Gasteiger partial charge is 0.335 e. The molecule has 0 aliphatic carbocycles. The van der Waals surface area contributed by atoms with Crippen LogP contribution in [-0.2, 0) is 4.79 Å². The predicted octanol–water partition coefficient (Wildman–Crippen LogP) is 1.20. The molecule has 0 fully saturated rings. The molecule has 0 heterocycles. The Morgan fingerprint density at radius 1 is 1.25 bits per heavy atom. The first-order valence-corrected chi connectivity index (χ1v) is 4.78. The Kier molecular flexibility index (Phi) is 3.82. The number of aliphatic hydroxyl groups is 2. The van der Waals surface area contributed by atoms with E-state index in [0.29, 0.717) is 5.56 Å². The minimum atomic E-state index is -1.81. The molecule has 0 saturated heterocycles. The zero-order valence-corrected chi connectivity index (χ0v) is 8.92. The molecule has 1 aromatic carbocycles. The molecular weight excluding hydrogens is 208 g/mol. The van der Waals surface area contributed by atoms with Crippen LogP contribution in [0.2, 0.25) is 0 Å². The highest BCUT2D eigenvalue weighted by atomic mass is 16.4. The molecule has 4 nitrogen and oxygen atoms in total. The van der Waals surface area contributed by atoms with Crippen LogP contribution < -0.4 is 0 Å². The highest BCUT2D eigenvalue weighted by Crippen LogP contribution is 2.20. The van der Waals surface area contributed by atoms with Crippen molar-refractivity contribution in [2.24, 2.45) is 0 Å². The second-order valence-electron chi connectivity index (χ2n) is 3.63. The quantitative estimate of drug-likeness (QED) is 0.715. The lowest BCUT2D eigenvalue weighted by Crippen LogP contribution is -2.27. The molecule has 2 unspecified atom stereocenters. The Hall–Kier alpha value is -1.65. The number of allylic oxidation sites excluding steroid dienone is 1. The molecule has 0 bridgehead atoms. The Bertz CT molecular complexity index is 394. The van der Waals surface area contributed by atoms with E-state index in [9.17, 15) is 9.90 Å². The topological polar surface area (TPSA) is 77.8 Å². The zero-order valence-electron chi connectivity index (χ0n) is 8.92. The number of aliphatic carboxylic acids is 1. The highest BCUT2D eigenvalue weighted by Gasteiger charge is 2.24. The van der Waals surface area contributed by atoms with Gasteiger partial charge in [-0.25, -0.2) is 4.79 Å². The summed E-state index contributed by atoms with van der Waals surface area (Å²) in [5, 5.41) is 27.2. The standard InChI is InChI=1S/C12H14O4/c1-7(2)8-3-5-9(6-4-8)10(13)11(14)12(15)16/h3-6,10-11,13-14H,1H2,2H3,(H,15,16). The third-order valence-electron chi connectivity index (χ3n) is 2.30. The molecule has 1 aromatic rings. The predicted molar refractivity (Wildman–Crippen MR) is 59.8 cm³/mol. The molecule has 2 atom stereocenters. The van der Waals surface area contributed by atoms with Crippen molar-refractivity contribution in [2.75, 3.05) is 0 Å². The van der Waals surface area contributed by atoms with Crippen LogP contribution in [0.3, 0.4) is 0 Å². The van der Waals surface area contributed by atoms with Gasteiger partial charge in [-0.05, 0) is 18.1 Å². The van der Waals surface area contributed by atoms with Crippen LogP contribution in [0.4, 0.5) is 0 Å². The van der Waals surface area contributed by atoms with Crippen molar-refractivity contribution >= 4 is 11.5 Å². The van der Waals surface area contributed by atoms with Crippen molar-refractivity contribution < 1.29 is 20.1 Å². The zero-order chi connectivity index (χ0) is 12.3.